The zero-order chi connectivity index (χ0) is 23.5. The maximum atomic E-state index is 13.6. The number of aromatic nitrogens is 2. The van der Waals surface area contributed by atoms with Gasteiger partial charge in [-0.1, -0.05) is 12.1 Å². The molecule has 1 amide bonds. The first kappa shape index (κ1) is 23.0. The summed E-state index contributed by atoms with van der Waals surface area (Å²) in [5.41, 5.74) is 1.20. The fourth-order valence-corrected chi connectivity index (χ4v) is 4.04. The highest BCUT2D eigenvalue weighted by Crippen LogP contribution is 2.34. The highest BCUT2D eigenvalue weighted by molar-refractivity contribution is 5.82. The van der Waals surface area contributed by atoms with Gasteiger partial charge in [0, 0.05) is 19.0 Å². The first-order valence-electron chi connectivity index (χ1n) is 11.6. The van der Waals surface area contributed by atoms with Crippen molar-refractivity contribution in [2.45, 2.75) is 32.7 Å². The molecule has 0 spiro atoms. The number of hydrogen-bond donors (Lipinski definition) is 0. The summed E-state index contributed by atoms with van der Waals surface area (Å²) in [6.07, 6.45) is 1.86. The molecule has 3 aromatic rings. The van der Waals surface area contributed by atoms with Crippen LogP contribution in [0.4, 0.5) is 0 Å². The van der Waals surface area contributed by atoms with Gasteiger partial charge < -0.3 is 14.5 Å². The molecule has 1 aromatic heterocycles. The van der Waals surface area contributed by atoms with E-state index in [-0.39, 0.29) is 23.4 Å². The van der Waals surface area contributed by atoms with E-state index in [4.69, 9.17) is 9.72 Å². The molecule has 174 valence electrons. The molecule has 1 aliphatic rings. The van der Waals surface area contributed by atoms with Crippen LogP contribution in [0.25, 0.3) is 16.6 Å². The van der Waals surface area contributed by atoms with Gasteiger partial charge in [0.15, 0.2) is 0 Å². The molecule has 0 saturated heterocycles. The van der Waals surface area contributed by atoms with E-state index in [1.54, 1.807) is 10.6 Å². The number of carbonyl (C=O) groups excluding carboxylic acids is 1. The van der Waals surface area contributed by atoms with Gasteiger partial charge in [-0.05, 0) is 77.2 Å². The van der Waals surface area contributed by atoms with Crippen LogP contribution in [-0.4, -0.2) is 59.0 Å². The lowest BCUT2D eigenvalue weighted by Gasteiger charge is -2.31. The Morgan fingerprint density at radius 1 is 1.12 bits per heavy atom. The quantitative estimate of drug-likeness (QED) is 0.500. The zero-order valence-corrected chi connectivity index (χ0v) is 19.8. The summed E-state index contributed by atoms with van der Waals surface area (Å²) in [5, 5.41) is 0.552. The van der Waals surface area contributed by atoms with Gasteiger partial charge in [0.1, 0.15) is 11.6 Å². The maximum Gasteiger partial charge on any atom is 0.266 e. The largest absolute Gasteiger partial charge is 0.494 e. The van der Waals surface area contributed by atoms with E-state index in [0.29, 0.717) is 35.6 Å². The van der Waals surface area contributed by atoms with Gasteiger partial charge in [-0.15, -0.1) is 0 Å². The molecule has 2 aromatic carbocycles. The Hall–Kier alpha value is -3.19. The van der Waals surface area contributed by atoms with Gasteiger partial charge in [0.05, 0.1) is 29.2 Å². The topological polar surface area (TPSA) is 67.7 Å². The molecule has 33 heavy (non-hydrogen) atoms. The predicted octanol–water partition coefficient (Wildman–Crippen LogP) is 3.65. The average Bonchev–Trinajstić information content (AvgIpc) is 3.65. The molecular formula is C26H32N4O3. The maximum absolute atomic E-state index is 13.6. The molecule has 0 N–H and O–H groups in total. The Bertz CT molecular complexity index is 1180. The summed E-state index contributed by atoms with van der Waals surface area (Å²) in [6.45, 7) is 5.80. The minimum absolute atomic E-state index is 0.0840. The third-order valence-electron chi connectivity index (χ3n) is 6.05. The molecule has 0 aliphatic heterocycles. The van der Waals surface area contributed by atoms with Crippen molar-refractivity contribution < 1.29 is 9.53 Å². The third kappa shape index (κ3) is 4.93. The lowest BCUT2D eigenvalue weighted by atomic mass is 10.1. The SMILES string of the molecule is CCOc1ccc(-n2c(C(C)N(CCN(C)C)C(=O)C3CC3)nc3ccccc3c2=O)cc1. The van der Waals surface area contributed by atoms with Gasteiger partial charge in [-0.3, -0.25) is 14.2 Å². The Kier molecular flexibility index (Phi) is 6.79. The van der Waals surface area contributed by atoms with Crippen LogP contribution in [0.1, 0.15) is 38.6 Å². The third-order valence-corrected chi connectivity index (χ3v) is 6.05. The van der Waals surface area contributed by atoms with Crippen molar-refractivity contribution in [1.82, 2.24) is 19.4 Å². The van der Waals surface area contributed by atoms with E-state index in [0.717, 1.165) is 25.1 Å². The second-order valence-corrected chi connectivity index (χ2v) is 8.84. The number of amides is 1. The summed E-state index contributed by atoms with van der Waals surface area (Å²) < 4.78 is 7.22. The highest BCUT2D eigenvalue weighted by Gasteiger charge is 2.36. The molecule has 0 radical (unpaired) electrons. The fourth-order valence-electron chi connectivity index (χ4n) is 4.04. The van der Waals surface area contributed by atoms with E-state index in [1.807, 2.05) is 75.3 Å². The minimum atomic E-state index is -0.359. The number of fused-ring (bicyclic) bond motifs is 1. The highest BCUT2D eigenvalue weighted by atomic mass is 16.5. The Morgan fingerprint density at radius 3 is 2.45 bits per heavy atom. The van der Waals surface area contributed by atoms with Crippen LogP contribution in [0.15, 0.2) is 53.3 Å². The van der Waals surface area contributed by atoms with Gasteiger partial charge in [0.25, 0.3) is 5.56 Å². The van der Waals surface area contributed by atoms with Crippen molar-refractivity contribution in [3.63, 3.8) is 0 Å². The zero-order valence-electron chi connectivity index (χ0n) is 19.8. The van der Waals surface area contributed by atoms with Crippen LogP contribution < -0.4 is 10.3 Å². The Morgan fingerprint density at radius 2 is 1.82 bits per heavy atom. The summed E-state index contributed by atoms with van der Waals surface area (Å²) in [5.74, 6) is 1.54. The van der Waals surface area contributed by atoms with Gasteiger partial charge in [0.2, 0.25) is 5.91 Å². The number of rotatable bonds is 9. The molecule has 1 unspecified atom stereocenters. The molecular weight excluding hydrogens is 416 g/mol. The van der Waals surface area contributed by atoms with Crippen molar-refractivity contribution in [3.05, 3.63) is 64.7 Å². The number of likely N-dealkylation sites (N-methyl/N-ethyl adjacent to an activating group) is 1. The smallest absolute Gasteiger partial charge is 0.266 e. The lowest BCUT2D eigenvalue weighted by molar-refractivity contribution is -0.135. The molecule has 7 heteroatoms. The lowest BCUT2D eigenvalue weighted by Crippen LogP contribution is -2.41. The minimum Gasteiger partial charge on any atom is -0.494 e. The van der Waals surface area contributed by atoms with E-state index in [9.17, 15) is 9.59 Å². The molecule has 1 aliphatic carbocycles. The van der Waals surface area contributed by atoms with Crippen LogP contribution in [0.3, 0.4) is 0 Å². The van der Waals surface area contributed by atoms with Crippen molar-refractivity contribution in [1.29, 1.82) is 0 Å². The number of ether oxygens (including phenoxy) is 1. The van der Waals surface area contributed by atoms with Crippen LogP contribution in [0.2, 0.25) is 0 Å². The average molecular weight is 449 g/mol. The van der Waals surface area contributed by atoms with E-state index >= 15 is 0 Å². The normalized spacial score (nSPS) is 14.5. The predicted molar refractivity (Wildman–Crippen MR) is 130 cm³/mol. The van der Waals surface area contributed by atoms with E-state index in [1.165, 1.54) is 0 Å². The van der Waals surface area contributed by atoms with Gasteiger partial charge in [-0.2, -0.15) is 0 Å². The van der Waals surface area contributed by atoms with Crippen LogP contribution in [0.5, 0.6) is 5.75 Å². The number of hydrogen-bond acceptors (Lipinski definition) is 5. The number of para-hydroxylation sites is 1. The fraction of sp³-hybridized carbons (Fsp3) is 0.423. The first-order valence-corrected chi connectivity index (χ1v) is 11.6. The molecule has 4 rings (SSSR count). The van der Waals surface area contributed by atoms with E-state index in [2.05, 4.69) is 4.90 Å². The van der Waals surface area contributed by atoms with Crippen LogP contribution >= 0.6 is 0 Å². The molecule has 1 heterocycles. The number of benzene rings is 2. The second-order valence-electron chi connectivity index (χ2n) is 8.84. The van der Waals surface area contributed by atoms with Crippen molar-refractivity contribution >= 4 is 16.8 Å². The summed E-state index contributed by atoms with van der Waals surface area (Å²) in [6, 6.07) is 14.5. The van der Waals surface area contributed by atoms with Crippen LogP contribution in [-0.2, 0) is 4.79 Å². The van der Waals surface area contributed by atoms with Crippen LogP contribution in [0, 0.1) is 5.92 Å². The summed E-state index contributed by atoms with van der Waals surface area (Å²) in [4.78, 5) is 35.7. The number of carbonyl (C=O) groups is 1. The Balaban J connectivity index is 1.84. The molecule has 0 bridgehead atoms. The Labute approximate surface area is 194 Å². The first-order chi connectivity index (χ1) is 15.9. The number of nitrogens with zero attached hydrogens (tertiary/aromatic N) is 4. The van der Waals surface area contributed by atoms with E-state index < -0.39 is 0 Å². The molecule has 1 saturated carbocycles. The van der Waals surface area contributed by atoms with Crippen molar-refractivity contribution in [3.8, 4) is 11.4 Å². The van der Waals surface area contributed by atoms with Crippen molar-refractivity contribution in [2.24, 2.45) is 5.92 Å². The van der Waals surface area contributed by atoms with Gasteiger partial charge >= 0.3 is 0 Å². The molecule has 7 nitrogen and oxygen atoms in total. The molecule has 1 atom stereocenters. The molecule has 1 fully saturated rings. The van der Waals surface area contributed by atoms with Gasteiger partial charge in [-0.25, -0.2) is 4.98 Å². The standard InChI is InChI=1S/C26H32N4O3/c1-5-33-21-14-12-20(13-15-21)30-24(27-23-9-7-6-8-22(23)26(30)32)18(2)29(17-16-28(3)4)25(31)19-10-11-19/h6-9,12-15,18-19H,5,10-11,16-17H2,1-4H3. The summed E-state index contributed by atoms with van der Waals surface area (Å²) >= 11 is 0. The summed E-state index contributed by atoms with van der Waals surface area (Å²) in [7, 11) is 3.99. The monoisotopic (exact) mass is 448 g/mol. The second kappa shape index (κ2) is 9.75. The van der Waals surface area contributed by atoms with Crippen molar-refractivity contribution in [2.75, 3.05) is 33.8 Å².